The van der Waals surface area contributed by atoms with Crippen LogP contribution in [-0.2, 0) is 9.47 Å². The predicted molar refractivity (Wildman–Crippen MR) is 47.0 cm³/mol. The zero-order valence-electron chi connectivity index (χ0n) is 8.12. The van der Waals surface area contributed by atoms with Crippen LogP contribution in [0.25, 0.3) is 0 Å². The molecule has 0 unspecified atom stereocenters. The molecule has 1 aromatic carbocycles. The lowest BCUT2D eigenvalue weighted by Gasteiger charge is -2.26. The molecule has 1 aromatic rings. The van der Waals surface area contributed by atoms with Crippen molar-refractivity contribution in [1.82, 2.24) is 0 Å². The van der Waals surface area contributed by atoms with Crippen molar-refractivity contribution >= 4 is 0 Å². The second-order valence-corrected chi connectivity index (χ2v) is 3.45. The monoisotopic (exact) mass is 234 g/mol. The maximum Gasteiger partial charge on any atom is 0.194 e. The van der Waals surface area contributed by atoms with Gasteiger partial charge in [-0.1, -0.05) is 0 Å². The van der Waals surface area contributed by atoms with Crippen LogP contribution in [0.1, 0.15) is 11.9 Å². The minimum Gasteiger partial charge on any atom is -0.388 e. The molecular weight excluding hydrogens is 225 g/mol. The fraction of sp³-hybridized carbons (Fsp3) is 0.400. The Labute approximate surface area is 89.4 Å². The highest BCUT2D eigenvalue weighted by atomic mass is 19.2. The van der Waals surface area contributed by atoms with Crippen molar-refractivity contribution in [2.45, 2.75) is 12.4 Å². The number of hydrogen-bond donors (Lipinski definition) is 1. The number of benzene rings is 1. The predicted octanol–water partition coefficient (Wildman–Crippen LogP) is 1.51. The van der Waals surface area contributed by atoms with Gasteiger partial charge in [-0.05, 0) is 12.1 Å². The first-order valence-electron chi connectivity index (χ1n) is 4.63. The van der Waals surface area contributed by atoms with Crippen LogP contribution in [0, 0.1) is 17.5 Å². The fourth-order valence-electron chi connectivity index (χ4n) is 1.40. The Bertz CT molecular complexity index is 366. The van der Waals surface area contributed by atoms with Gasteiger partial charge in [-0.3, -0.25) is 0 Å². The van der Waals surface area contributed by atoms with E-state index in [1.54, 1.807) is 0 Å². The minimum atomic E-state index is -1.53. The summed E-state index contributed by atoms with van der Waals surface area (Å²) in [6.07, 6.45) is -1.74. The maximum atomic E-state index is 12.9. The first-order valence-corrected chi connectivity index (χ1v) is 4.63. The Morgan fingerprint density at radius 3 is 2.06 bits per heavy atom. The van der Waals surface area contributed by atoms with Gasteiger partial charge in [-0.25, -0.2) is 13.2 Å². The molecule has 1 fully saturated rings. The van der Waals surface area contributed by atoms with E-state index in [2.05, 4.69) is 0 Å². The molecule has 0 saturated carbocycles. The average molecular weight is 234 g/mol. The average Bonchev–Trinajstić information content (AvgIpc) is 2.26. The van der Waals surface area contributed by atoms with Gasteiger partial charge in [-0.2, -0.15) is 0 Å². The lowest BCUT2D eigenvalue weighted by molar-refractivity contribution is -0.220. The first-order chi connectivity index (χ1) is 7.58. The summed E-state index contributed by atoms with van der Waals surface area (Å²) in [5, 5.41) is 9.07. The van der Waals surface area contributed by atoms with Gasteiger partial charge in [0.1, 0.15) is 6.10 Å². The molecule has 1 N–H and O–H groups in total. The molecule has 1 aliphatic rings. The molecule has 0 amide bonds. The molecule has 0 bridgehead atoms. The van der Waals surface area contributed by atoms with Crippen LogP contribution in [0.3, 0.4) is 0 Å². The molecule has 16 heavy (non-hydrogen) atoms. The summed E-state index contributed by atoms with van der Waals surface area (Å²) < 4.78 is 48.5. The van der Waals surface area contributed by atoms with Gasteiger partial charge in [-0.15, -0.1) is 0 Å². The van der Waals surface area contributed by atoms with Gasteiger partial charge in [0, 0.05) is 5.56 Å². The van der Waals surface area contributed by atoms with Crippen molar-refractivity contribution in [3.05, 3.63) is 35.1 Å². The van der Waals surface area contributed by atoms with Crippen LogP contribution >= 0.6 is 0 Å². The van der Waals surface area contributed by atoms with Gasteiger partial charge in [0.05, 0.1) is 13.2 Å². The Morgan fingerprint density at radius 2 is 1.56 bits per heavy atom. The first kappa shape index (κ1) is 11.4. The van der Waals surface area contributed by atoms with Gasteiger partial charge in [0.25, 0.3) is 0 Å². The summed E-state index contributed by atoms with van der Waals surface area (Å²) in [7, 11) is 0. The smallest absolute Gasteiger partial charge is 0.194 e. The molecule has 3 nitrogen and oxygen atoms in total. The molecular formula is C10H9F3O3. The zero-order chi connectivity index (χ0) is 11.7. The number of aliphatic hydroxyl groups is 1. The van der Waals surface area contributed by atoms with Crippen LogP contribution < -0.4 is 0 Å². The third kappa shape index (κ3) is 2.18. The molecule has 0 spiro atoms. The number of hydrogen-bond acceptors (Lipinski definition) is 3. The van der Waals surface area contributed by atoms with Gasteiger partial charge >= 0.3 is 0 Å². The normalized spacial score (nSPS) is 25.8. The summed E-state index contributed by atoms with van der Waals surface area (Å²) in [6.45, 7) is 0.0105. The van der Waals surface area contributed by atoms with Crippen molar-refractivity contribution in [3.63, 3.8) is 0 Å². The largest absolute Gasteiger partial charge is 0.388 e. The highest BCUT2D eigenvalue weighted by molar-refractivity contribution is 5.20. The second kappa shape index (κ2) is 4.40. The lowest BCUT2D eigenvalue weighted by Crippen LogP contribution is -2.31. The third-order valence-electron chi connectivity index (χ3n) is 2.16. The second-order valence-electron chi connectivity index (χ2n) is 3.45. The summed E-state index contributed by atoms with van der Waals surface area (Å²) in [6, 6.07) is 1.61. The van der Waals surface area contributed by atoms with E-state index in [1.807, 2.05) is 0 Å². The van der Waals surface area contributed by atoms with Crippen molar-refractivity contribution in [2.75, 3.05) is 13.2 Å². The van der Waals surface area contributed by atoms with E-state index < -0.39 is 29.8 Å². The Hall–Kier alpha value is -1.11. The van der Waals surface area contributed by atoms with Crippen LogP contribution in [0.15, 0.2) is 12.1 Å². The molecule has 0 atom stereocenters. The quantitative estimate of drug-likeness (QED) is 0.748. The van der Waals surface area contributed by atoms with Crippen molar-refractivity contribution in [3.8, 4) is 0 Å². The Balaban J connectivity index is 2.21. The molecule has 0 radical (unpaired) electrons. The third-order valence-corrected chi connectivity index (χ3v) is 2.16. The van der Waals surface area contributed by atoms with E-state index in [0.717, 1.165) is 12.1 Å². The van der Waals surface area contributed by atoms with Crippen LogP contribution in [0.2, 0.25) is 0 Å². The molecule has 0 aliphatic carbocycles. The SMILES string of the molecule is OC1COC(c2cc(F)c(F)c(F)c2)OC1. The maximum absolute atomic E-state index is 12.9. The minimum absolute atomic E-state index is 0.00524. The number of aliphatic hydroxyl groups excluding tert-OH is 1. The summed E-state index contributed by atoms with van der Waals surface area (Å²) in [4.78, 5) is 0. The highest BCUT2D eigenvalue weighted by Gasteiger charge is 2.24. The fourth-order valence-corrected chi connectivity index (χ4v) is 1.40. The van der Waals surface area contributed by atoms with Crippen LogP contribution in [0.5, 0.6) is 0 Å². The Kier molecular flexibility index (Phi) is 3.13. The summed E-state index contributed by atoms with van der Waals surface area (Å²) in [5.41, 5.74) is 0.0447. The topological polar surface area (TPSA) is 38.7 Å². The van der Waals surface area contributed by atoms with Gasteiger partial charge in [0.15, 0.2) is 23.7 Å². The highest BCUT2D eigenvalue weighted by Crippen LogP contribution is 2.25. The molecule has 1 aliphatic heterocycles. The molecule has 1 saturated heterocycles. The van der Waals surface area contributed by atoms with E-state index in [4.69, 9.17) is 14.6 Å². The van der Waals surface area contributed by atoms with Crippen molar-refractivity contribution < 1.29 is 27.8 Å². The van der Waals surface area contributed by atoms with Crippen molar-refractivity contribution in [2.24, 2.45) is 0 Å². The van der Waals surface area contributed by atoms with E-state index in [0.29, 0.717) is 0 Å². The van der Waals surface area contributed by atoms with E-state index >= 15 is 0 Å². The van der Waals surface area contributed by atoms with Crippen LogP contribution in [0.4, 0.5) is 13.2 Å². The van der Waals surface area contributed by atoms with E-state index in [-0.39, 0.29) is 18.8 Å². The van der Waals surface area contributed by atoms with Gasteiger partial charge in [0.2, 0.25) is 0 Å². The lowest BCUT2D eigenvalue weighted by atomic mass is 10.2. The summed E-state index contributed by atoms with van der Waals surface area (Å²) in [5.74, 6) is -4.12. The van der Waals surface area contributed by atoms with E-state index in [9.17, 15) is 13.2 Å². The van der Waals surface area contributed by atoms with Crippen LogP contribution in [-0.4, -0.2) is 24.4 Å². The molecule has 1 heterocycles. The van der Waals surface area contributed by atoms with Gasteiger partial charge < -0.3 is 14.6 Å². The molecule has 0 aromatic heterocycles. The summed E-state index contributed by atoms with van der Waals surface area (Å²) >= 11 is 0. The molecule has 6 heteroatoms. The van der Waals surface area contributed by atoms with Crippen molar-refractivity contribution in [1.29, 1.82) is 0 Å². The van der Waals surface area contributed by atoms with E-state index in [1.165, 1.54) is 0 Å². The number of ether oxygens (including phenoxy) is 2. The zero-order valence-corrected chi connectivity index (χ0v) is 8.12. The standard InChI is InChI=1S/C10H9F3O3/c11-7-1-5(2-8(12)9(7)13)10-15-3-6(14)4-16-10/h1-2,6,10,14H,3-4H2. The Morgan fingerprint density at radius 1 is 1.06 bits per heavy atom. The number of halogens is 3. The molecule has 2 rings (SSSR count). The molecule has 88 valence electrons. The number of rotatable bonds is 1.